The molecule has 6 nitrogen and oxygen atoms in total. The van der Waals surface area contributed by atoms with Crippen molar-refractivity contribution in [2.45, 2.75) is 62.7 Å². The zero-order valence-electron chi connectivity index (χ0n) is 17.8. The average molecular weight is 435 g/mol. The minimum Gasteiger partial charge on any atom is -0.381 e. The summed E-state index contributed by atoms with van der Waals surface area (Å²) in [5.41, 5.74) is 2.46. The molecule has 166 valence electrons. The van der Waals surface area contributed by atoms with Gasteiger partial charge in [0.25, 0.3) is 0 Å². The van der Waals surface area contributed by atoms with Gasteiger partial charge in [0.05, 0.1) is 4.90 Å². The summed E-state index contributed by atoms with van der Waals surface area (Å²) in [7, 11) is -3.49. The number of aryl methyl sites for hydroxylation is 2. The molecule has 4 rings (SSSR count). The van der Waals surface area contributed by atoms with E-state index in [1.165, 1.54) is 30.4 Å². The Kier molecular flexibility index (Phi) is 7.11. The first kappa shape index (κ1) is 21.8. The van der Waals surface area contributed by atoms with Gasteiger partial charge >= 0.3 is 0 Å². The molecule has 0 atom stereocenters. The summed E-state index contributed by atoms with van der Waals surface area (Å²) in [5.74, 6) is 0.706. The maximum Gasteiger partial charge on any atom is 0.243 e. The Bertz CT molecular complexity index is 843. The van der Waals surface area contributed by atoms with Gasteiger partial charge in [-0.3, -0.25) is 4.79 Å². The average Bonchev–Trinajstić information content (AvgIpc) is 3.60. The summed E-state index contributed by atoms with van der Waals surface area (Å²) in [4.78, 5) is 12.8. The highest BCUT2D eigenvalue weighted by Gasteiger charge is 2.32. The molecular weight excluding hydrogens is 400 g/mol. The fourth-order valence-corrected chi connectivity index (χ4v) is 5.96. The largest absolute Gasteiger partial charge is 0.381 e. The van der Waals surface area contributed by atoms with Crippen LogP contribution in [-0.4, -0.2) is 51.5 Å². The molecule has 1 heterocycles. The molecule has 0 bridgehead atoms. The van der Waals surface area contributed by atoms with Crippen molar-refractivity contribution in [1.29, 1.82) is 0 Å². The van der Waals surface area contributed by atoms with Crippen LogP contribution >= 0.6 is 0 Å². The summed E-state index contributed by atoms with van der Waals surface area (Å²) >= 11 is 0. The number of ether oxygens (including phenoxy) is 1. The molecule has 1 saturated carbocycles. The summed E-state index contributed by atoms with van der Waals surface area (Å²) in [6.07, 6.45) is 8.88. The van der Waals surface area contributed by atoms with E-state index in [2.05, 4.69) is 5.32 Å². The number of fused-ring (bicyclic) bond motifs is 1. The van der Waals surface area contributed by atoms with Gasteiger partial charge in [-0.1, -0.05) is 6.07 Å². The van der Waals surface area contributed by atoms with Gasteiger partial charge in [0.15, 0.2) is 0 Å². The predicted molar refractivity (Wildman–Crippen MR) is 116 cm³/mol. The van der Waals surface area contributed by atoms with Crippen LogP contribution in [0.3, 0.4) is 0 Å². The first-order valence-corrected chi connectivity index (χ1v) is 13.0. The molecule has 1 saturated heterocycles. The molecule has 2 aliphatic carbocycles. The Morgan fingerprint density at radius 3 is 2.53 bits per heavy atom. The topological polar surface area (TPSA) is 75.7 Å². The molecule has 1 amide bonds. The van der Waals surface area contributed by atoms with E-state index < -0.39 is 10.0 Å². The Hall–Kier alpha value is -1.44. The molecule has 0 aromatic heterocycles. The highest BCUT2D eigenvalue weighted by atomic mass is 32.2. The van der Waals surface area contributed by atoms with Crippen LogP contribution in [-0.2, 0) is 32.4 Å². The number of carbonyl (C=O) groups is 1. The zero-order valence-corrected chi connectivity index (χ0v) is 18.6. The van der Waals surface area contributed by atoms with Gasteiger partial charge in [0.2, 0.25) is 15.9 Å². The van der Waals surface area contributed by atoms with Crippen LogP contribution < -0.4 is 5.32 Å². The molecule has 0 unspecified atom stereocenters. The van der Waals surface area contributed by atoms with E-state index in [9.17, 15) is 13.2 Å². The molecule has 7 heteroatoms. The molecule has 1 N–H and O–H groups in total. The number of nitrogens with one attached hydrogen (secondary N) is 1. The Balaban J connectivity index is 1.22. The summed E-state index contributed by atoms with van der Waals surface area (Å²) in [6.45, 7) is 2.97. The van der Waals surface area contributed by atoms with E-state index in [0.717, 1.165) is 38.2 Å². The molecule has 2 fully saturated rings. The van der Waals surface area contributed by atoms with Crippen molar-refractivity contribution < 1.29 is 17.9 Å². The zero-order chi connectivity index (χ0) is 21.0. The second-order valence-electron chi connectivity index (χ2n) is 8.98. The lowest BCUT2D eigenvalue weighted by Gasteiger charge is -2.31. The van der Waals surface area contributed by atoms with Crippen LogP contribution in [0.25, 0.3) is 0 Å². The number of rotatable bonds is 9. The monoisotopic (exact) mass is 434 g/mol. The van der Waals surface area contributed by atoms with E-state index in [1.807, 2.05) is 12.1 Å². The Labute approximate surface area is 180 Å². The number of carbonyl (C=O) groups excluding carboxylic acids is 1. The van der Waals surface area contributed by atoms with E-state index in [4.69, 9.17) is 4.74 Å². The number of benzene rings is 1. The number of sulfonamides is 1. The van der Waals surface area contributed by atoms with Crippen molar-refractivity contribution >= 4 is 15.9 Å². The second kappa shape index (κ2) is 9.79. The number of piperidine rings is 1. The summed E-state index contributed by atoms with van der Waals surface area (Å²) in [6, 6.07) is 5.60. The minimum absolute atomic E-state index is 0.0445. The fraction of sp³-hybridized carbons (Fsp3) is 0.696. The number of amides is 1. The van der Waals surface area contributed by atoms with Crippen LogP contribution in [0, 0.1) is 11.8 Å². The third-order valence-electron chi connectivity index (χ3n) is 6.60. The minimum atomic E-state index is -3.49. The van der Waals surface area contributed by atoms with Crippen LogP contribution in [0.2, 0.25) is 0 Å². The lowest BCUT2D eigenvalue weighted by Crippen LogP contribution is -2.43. The van der Waals surface area contributed by atoms with E-state index in [-0.39, 0.29) is 11.8 Å². The third-order valence-corrected chi connectivity index (χ3v) is 8.49. The lowest BCUT2D eigenvalue weighted by molar-refractivity contribution is -0.126. The van der Waals surface area contributed by atoms with Crippen molar-refractivity contribution in [3.63, 3.8) is 0 Å². The number of hydrogen-bond donors (Lipinski definition) is 1. The highest BCUT2D eigenvalue weighted by Crippen LogP contribution is 2.29. The molecule has 1 aliphatic heterocycles. The third kappa shape index (κ3) is 5.42. The first-order chi connectivity index (χ1) is 14.5. The van der Waals surface area contributed by atoms with E-state index in [0.29, 0.717) is 44.0 Å². The first-order valence-electron chi connectivity index (χ1n) is 11.5. The van der Waals surface area contributed by atoms with Crippen molar-refractivity contribution in [1.82, 2.24) is 9.62 Å². The molecular formula is C23H34N2O4S. The van der Waals surface area contributed by atoms with Crippen molar-refractivity contribution in [3.8, 4) is 0 Å². The van der Waals surface area contributed by atoms with E-state index >= 15 is 0 Å². The SMILES string of the molecule is O=C(NCCCOCC1CC1)C1CCN(S(=O)(=O)c2ccc3c(c2)CCCC3)CC1. The van der Waals surface area contributed by atoms with Crippen molar-refractivity contribution in [3.05, 3.63) is 29.3 Å². The number of nitrogens with zero attached hydrogens (tertiary/aromatic N) is 1. The summed E-state index contributed by atoms with van der Waals surface area (Å²) in [5, 5.41) is 2.99. The molecule has 3 aliphatic rings. The van der Waals surface area contributed by atoms with Gasteiger partial charge in [-0.15, -0.1) is 0 Å². The highest BCUT2D eigenvalue weighted by molar-refractivity contribution is 7.89. The van der Waals surface area contributed by atoms with E-state index in [1.54, 1.807) is 10.4 Å². The molecule has 0 spiro atoms. The summed E-state index contributed by atoms with van der Waals surface area (Å²) < 4.78 is 33.3. The maximum atomic E-state index is 13.1. The smallest absolute Gasteiger partial charge is 0.243 e. The van der Waals surface area contributed by atoms with Crippen LogP contribution in [0.1, 0.15) is 56.1 Å². The molecule has 1 aromatic rings. The predicted octanol–water partition coefficient (Wildman–Crippen LogP) is 2.90. The lowest BCUT2D eigenvalue weighted by atomic mass is 9.92. The fourth-order valence-electron chi connectivity index (χ4n) is 4.44. The molecule has 1 aromatic carbocycles. The van der Waals surface area contributed by atoms with Gasteiger partial charge in [-0.25, -0.2) is 8.42 Å². The van der Waals surface area contributed by atoms with Crippen molar-refractivity contribution in [2.24, 2.45) is 11.8 Å². The van der Waals surface area contributed by atoms with Crippen LogP contribution in [0.4, 0.5) is 0 Å². The van der Waals surface area contributed by atoms with Gasteiger partial charge in [0.1, 0.15) is 0 Å². The molecule has 30 heavy (non-hydrogen) atoms. The second-order valence-corrected chi connectivity index (χ2v) is 10.9. The molecule has 0 radical (unpaired) electrons. The van der Waals surface area contributed by atoms with Gasteiger partial charge in [-0.05, 0) is 87.0 Å². The number of hydrogen-bond acceptors (Lipinski definition) is 4. The maximum absolute atomic E-state index is 13.1. The van der Waals surface area contributed by atoms with Crippen LogP contribution in [0.15, 0.2) is 23.1 Å². The quantitative estimate of drug-likeness (QED) is 0.607. The normalized spacial score (nSPS) is 20.7. The van der Waals surface area contributed by atoms with Crippen molar-refractivity contribution in [2.75, 3.05) is 32.8 Å². The van der Waals surface area contributed by atoms with Gasteiger partial charge < -0.3 is 10.1 Å². The Morgan fingerprint density at radius 2 is 1.80 bits per heavy atom. The van der Waals surface area contributed by atoms with Crippen LogP contribution in [0.5, 0.6) is 0 Å². The van der Waals surface area contributed by atoms with Gasteiger partial charge in [0, 0.05) is 38.8 Å². The standard InChI is InChI=1S/C23H34N2O4S/c26-23(24-12-3-15-29-17-18-6-7-18)20-10-13-25(14-11-20)30(27,28)22-9-8-19-4-1-2-5-21(19)16-22/h8-9,16,18,20H,1-7,10-15,17H2,(H,24,26). The van der Waals surface area contributed by atoms with Gasteiger partial charge in [-0.2, -0.15) is 4.31 Å². The Morgan fingerprint density at radius 1 is 1.07 bits per heavy atom.